The van der Waals surface area contributed by atoms with E-state index in [9.17, 15) is 4.79 Å². The fourth-order valence-electron chi connectivity index (χ4n) is 1.09. The summed E-state index contributed by atoms with van der Waals surface area (Å²) in [4.78, 5) is 13.7. The first-order valence-electron chi connectivity index (χ1n) is 5.01. The van der Waals surface area contributed by atoms with E-state index in [1.165, 1.54) is 0 Å². The van der Waals surface area contributed by atoms with Gasteiger partial charge >= 0.3 is 0 Å². The second-order valence-corrected chi connectivity index (χ2v) is 3.85. The van der Waals surface area contributed by atoms with Crippen molar-refractivity contribution in [1.82, 2.24) is 15.1 Å². The van der Waals surface area contributed by atoms with E-state index in [0.29, 0.717) is 24.1 Å². The molecule has 1 aromatic heterocycles. The summed E-state index contributed by atoms with van der Waals surface area (Å²) in [5.74, 6) is 0.741. The zero-order valence-electron chi connectivity index (χ0n) is 9.66. The van der Waals surface area contributed by atoms with Gasteiger partial charge in [0, 0.05) is 19.2 Å². The van der Waals surface area contributed by atoms with E-state index >= 15 is 0 Å². The molecule has 0 aliphatic carbocycles. The van der Waals surface area contributed by atoms with E-state index in [4.69, 9.17) is 0 Å². The van der Waals surface area contributed by atoms with E-state index in [2.05, 4.69) is 29.4 Å². The summed E-state index contributed by atoms with van der Waals surface area (Å²) in [5.41, 5.74) is 0.548. The van der Waals surface area contributed by atoms with Crippen LogP contribution >= 0.6 is 0 Å². The first-order valence-corrected chi connectivity index (χ1v) is 5.01. The van der Waals surface area contributed by atoms with Crippen molar-refractivity contribution in [3.8, 4) is 0 Å². The molecule has 15 heavy (non-hydrogen) atoms. The molecule has 0 aromatic carbocycles. The average Bonchev–Trinajstić information content (AvgIpc) is 2.65. The Bertz CT molecular complexity index is 332. The van der Waals surface area contributed by atoms with E-state index in [0.717, 1.165) is 0 Å². The minimum absolute atomic E-state index is 0.0557. The van der Waals surface area contributed by atoms with Crippen molar-refractivity contribution in [2.45, 2.75) is 19.9 Å². The number of carbonyl (C=O) groups excluding carboxylic acids is 1. The number of aromatic nitrogens is 2. The third-order valence-corrected chi connectivity index (χ3v) is 2.41. The highest BCUT2D eigenvalue weighted by Gasteiger charge is 2.13. The lowest BCUT2D eigenvalue weighted by Gasteiger charge is -2.19. The molecule has 1 rings (SSSR count). The smallest absolute Gasteiger partial charge is 0.194 e. The number of aromatic amines is 1. The van der Waals surface area contributed by atoms with Crippen molar-refractivity contribution in [3.05, 3.63) is 11.8 Å². The molecule has 0 unspecified atom stereocenters. The minimum Gasteiger partial charge on any atom is -0.372 e. The van der Waals surface area contributed by atoms with Crippen LogP contribution < -0.4 is 5.32 Å². The highest BCUT2D eigenvalue weighted by molar-refractivity contribution is 5.96. The van der Waals surface area contributed by atoms with Crippen LogP contribution in [0.5, 0.6) is 0 Å². The highest BCUT2D eigenvalue weighted by atomic mass is 16.1. The van der Waals surface area contributed by atoms with Crippen LogP contribution in [-0.4, -0.2) is 47.6 Å². The van der Waals surface area contributed by atoms with Crippen molar-refractivity contribution < 1.29 is 4.79 Å². The summed E-state index contributed by atoms with van der Waals surface area (Å²) in [7, 11) is 3.70. The van der Waals surface area contributed by atoms with Gasteiger partial charge in [-0.15, -0.1) is 0 Å². The lowest BCUT2D eigenvalue weighted by Crippen LogP contribution is -2.32. The second-order valence-electron chi connectivity index (χ2n) is 3.85. The van der Waals surface area contributed by atoms with Gasteiger partial charge in [0.05, 0.1) is 6.54 Å². The van der Waals surface area contributed by atoms with Gasteiger partial charge in [-0.25, -0.2) is 0 Å². The molecule has 84 valence electrons. The van der Waals surface area contributed by atoms with Crippen molar-refractivity contribution in [1.29, 1.82) is 0 Å². The third-order valence-electron chi connectivity index (χ3n) is 2.41. The molecule has 1 heterocycles. The van der Waals surface area contributed by atoms with Crippen LogP contribution in [-0.2, 0) is 0 Å². The second kappa shape index (κ2) is 4.93. The van der Waals surface area contributed by atoms with Gasteiger partial charge in [-0.3, -0.25) is 14.8 Å². The van der Waals surface area contributed by atoms with E-state index in [1.54, 1.807) is 13.1 Å². The molecular weight excluding hydrogens is 192 g/mol. The Balaban J connectivity index is 2.61. The maximum absolute atomic E-state index is 11.7. The molecular formula is C10H18N4O. The van der Waals surface area contributed by atoms with Gasteiger partial charge in [-0.2, -0.15) is 5.10 Å². The minimum atomic E-state index is 0.0557. The Kier molecular flexibility index (Phi) is 3.85. The number of nitrogens with one attached hydrogen (secondary N) is 2. The number of nitrogens with zero attached hydrogens (tertiary/aromatic N) is 2. The third kappa shape index (κ3) is 3.06. The predicted octanol–water partition coefficient (Wildman–Crippen LogP) is 0.974. The molecule has 0 bridgehead atoms. The van der Waals surface area contributed by atoms with Crippen LogP contribution in [0.3, 0.4) is 0 Å². The fraction of sp³-hybridized carbons (Fsp3) is 0.600. The van der Waals surface area contributed by atoms with Gasteiger partial charge in [-0.05, 0) is 20.9 Å². The molecule has 0 saturated heterocycles. The lowest BCUT2D eigenvalue weighted by atomic mass is 10.2. The number of carbonyl (C=O) groups is 1. The largest absolute Gasteiger partial charge is 0.372 e. The Hall–Kier alpha value is -1.36. The number of anilines is 1. The van der Waals surface area contributed by atoms with E-state index in [1.807, 2.05) is 11.9 Å². The number of rotatable bonds is 5. The van der Waals surface area contributed by atoms with Crippen LogP contribution in [0.2, 0.25) is 0 Å². The number of likely N-dealkylation sites (N-methyl/N-ethyl adjacent to an activating group) is 1. The number of Topliss-reactive ketones (excluding diaryl/α,β-unsaturated/α-hetero) is 1. The van der Waals surface area contributed by atoms with Gasteiger partial charge in [0.25, 0.3) is 0 Å². The van der Waals surface area contributed by atoms with E-state index < -0.39 is 0 Å². The standard InChI is InChI=1S/C10H18N4O/c1-7(2)14(4)6-9(15)8-5-10(11-3)13-12-8/h5,7H,6H2,1-4H3,(H2,11,12,13). The number of hydrogen-bond donors (Lipinski definition) is 2. The number of H-pyrrole nitrogens is 1. The van der Waals surface area contributed by atoms with Crippen molar-refractivity contribution >= 4 is 11.6 Å². The molecule has 0 spiro atoms. The van der Waals surface area contributed by atoms with Gasteiger partial charge < -0.3 is 5.32 Å². The molecule has 0 radical (unpaired) electrons. The summed E-state index contributed by atoms with van der Waals surface area (Å²) in [6.07, 6.45) is 0. The van der Waals surface area contributed by atoms with E-state index in [-0.39, 0.29) is 5.78 Å². The van der Waals surface area contributed by atoms with Crippen LogP contribution in [0.1, 0.15) is 24.3 Å². The first kappa shape index (κ1) is 11.7. The summed E-state index contributed by atoms with van der Waals surface area (Å²) in [5, 5.41) is 9.51. The molecule has 0 atom stereocenters. The van der Waals surface area contributed by atoms with Crippen molar-refractivity contribution in [2.24, 2.45) is 0 Å². The Morgan fingerprint density at radius 2 is 2.33 bits per heavy atom. The summed E-state index contributed by atoms with van der Waals surface area (Å²) >= 11 is 0. The molecule has 5 nitrogen and oxygen atoms in total. The maximum atomic E-state index is 11.7. The Labute approximate surface area is 89.9 Å². The van der Waals surface area contributed by atoms with Gasteiger partial charge in [0.15, 0.2) is 5.78 Å². The maximum Gasteiger partial charge on any atom is 0.194 e. The molecule has 2 N–H and O–H groups in total. The first-order chi connectivity index (χ1) is 7.04. The van der Waals surface area contributed by atoms with Gasteiger partial charge in [0.1, 0.15) is 11.5 Å². The van der Waals surface area contributed by atoms with Crippen molar-refractivity contribution in [2.75, 3.05) is 26.0 Å². The monoisotopic (exact) mass is 210 g/mol. The highest BCUT2D eigenvalue weighted by Crippen LogP contribution is 2.06. The normalized spacial score (nSPS) is 11.1. The van der Waals surface area contributed by atoms with Gasteiger partial charge in [0.2, 0.25) is 0 Å². The Morgan fingerprint density at radius 3 is 2.80 bits per heavy atom. The zero-order valence-corrected chi connectivity index (χ0v) is 9.66. The fourth-order valence-corrected chi connectivity index (χ4v) is 1.09. The topological polar surface area (TPSA) is 61.0 Å². The molecule has 1 aromatic rings. The number of hydrogen-bond acceptors (Lipinski definition) is 4. The van der Waals surface area contributed by atoms with Crippen LogP contribution in [0.4, 0.5) is 5.82 Å². The Morgan fingerprint density at radius 1 is 1.67 bits per heavy atom. The average molecular weight is 210 g/mol. The SMILES string of the molecule is CNc1cc(C(=O)CN(C)C(C)C)[nH]n1. The van der Waals surface area contributed by atoms with Gasteiger partial charge in [-0.1, -0.05) is 0 Å². The number of ketones is 1. The molecule has 0 saturated carbocycles. The molecule has 0 aliphatic heterocycles. The molecule has 0 aliphatic rings. The molecule has 0 fully saturated rings. The quantitative estimate of drug-likeness (QED) is 0.711. The lowest BCUT2D eigenvalue weighted by molar-refractivity contribution is 0.0924. The van der Waals surface area contributed by atoms with Crippen molar-refractivity contribution in [3.63, 3.8) is 0 Å². The molecule has 5 heteroatoms. The molecule has 0 amide bonds. The summed E-state index contributed by atoms with van der Waals surface area (Å²) in [6.45, 7) is 4.52. The van der Waals surface area contributed by atoms with Crippen LogP contribution in [0.15, 0.2) is 6.07 Å². The van der Waals surface area contributed by atoms with Crippen LogP contribution in [0, 0.1) is 0 Å². The zero-order chi connectivity index (χ0) is 11.4. The summed E-state index contributed by atoms with van der Waals surface area (Å²) < 4.78 is 0. The predicted molar refractivity (Wildman–Crippen MR) is 60.2 cm³/mol. The van der Waals surface area contributed by atoms with Crippen LogP contribution in [0.25, 0.3) is 0 Å². The summed E-state index contributed by atoms with van der Waals surface area (Å²) in [6, 6.07) is 2.08.